The minimum atomic E-state index is -0.368. The smallest absolute Gasteiger partial charge is 0.308 e. The molecule has 3 rings (SSSR count). The molecule has 0 N–H and O–H groups in total. The number of hydrogen-bond acceptors (Lipinski definition) is 6. The third kappa shape index (κ3) is 3.64. The van der Waals surface area contributed by atoms with Crippen LogP contribution in [0.25, 0.3) is 0 Å². The van der Waals surface area contributed by atoms with Crippen molar-refractivity contribution in [3.63, 3.8) is 0 Å². The van der Waals surface area contributed by atoms with Gasteiger partial charge in [-0.3, -0.25) is 9.59 Å². The van der Waals surface area contributed by atoms with Gasteiger partial charge in [0.15, 0.2) is 5.78 Å². The van der Waals surface area contributed by atoms with Crippen LogP contribution in [0.2, 0.25) is 0 Å². The molecule has 6 heteroatoms. The number of benzene rings is 2. The van der Waals surface area contributed by atoms with Gasteiger partial charge in [0, 0.05) is 19.1 Å². The zero-order valence-corrected chi connectivity index (χ0v) is 14.9. The van der Waals surface area contributed by atoms with E-state index in [2.05, 4.69) is 0 Å². The summed E-state index contributed by atoms with van der Waals surface area (Å²) < 4.78 is 21.4. The minimum Gasteiger partial charge on any atom is -0.496 e. The number of ketones is 1. The van der Waals surface area contributed by atoms with Crippen LogP contribution in [-0.4, -0.2) is 32.6 Å². The molecule has 26 heavy (non-hydrogen) atoms. The highest BCUT2D eigenvalue weighted by Gasteiger charge is 2.32. The summed E-state index contributed by atoms with van der Waals surface area (Å²) in [7, 11) is 3.06. The number of carbonyl (C=O) groups excluding carboxylic acids is 2. The maximum absolute atomic E-state index is 12.9. The number of methoxy groups -OCH3 is 2. The van der Waals surface area contributed by atoms with Crippen molar-refractivity contribution in [1.29, 1.82) is 0 Å². The Balaban J connectivity index is 1.80. The molecule has 1 atom stereocenters. The Kier molecular flexibility index (Phi) is 5.11. The van der Waals surface area contributed by atoms with Gasteiger partial charge in [-0.15, -0.1) is 0 Å². The van der Waals surface area contributed by atoms with Crippen LogP contribution in [-0.2, 0) is 11.2 Å². The normalized spacial score (nSPS) is 15.7. The van der Waals surface area contributed by atoms with Crippen LogP contribution in [0.15, 0.2) is 36.4 Å². The Labute approximate surface area is 151 Å². The van der Waals surface area contributed by atoms with E-state index in [0.717, 1.165) is 5.56 Å². The first-order valence-corrected chi connectivity index (χ1v) is 8.22. The van der Waals surface area contributed by atoms with Crippen LogP contribution in [0.4, 0.5) is 0 Å². The van der Waals surface area contributed by atoms with Crippen LogP contribution < -0.4 is 18.9 Å². The molecule has 0 aromatic heterocycles. The highest BCUT2D eigenvalue weighted by Crippen LogP contribution is 2.39. The Morgan fingerprint density at radius 2 is 1.85 bits per heavy atom. The summed E-state index contributed by atoms with van der Waals surface area (Å²) in [5.74, 6) is 1.28. The summed E-state index contributed by atoms with van der Waals surface area (Å²) in [6.45, 7) is 1.64. The van der Waals surface area contributed by atoms with Gasteiger partial charge in [-0.2, -0.15) is 0 Å². The summed E-state index contributed by atoms with van der Waals surface area (Å²) in [5.41, 5.74) is 1.40. The van der Waals surface area contributed by atoms with E-state index in [0.29, 0.717) is 35.0 Å². The van der Waals surface area contributed by atoms with Crippen molar-refractivity contribution in [2.75, 3.05) is 20.8 Å². The van der Waals surface area contributed by atoms with Gasteiger partial charge in [-0.1, -0.05) is 12.1 Å². The number of Topliss-reactive ketones (excluding diaryl/α,β-unsaturated/α-hetero) is 1. The molecule has 0 saturated carbocycles. The summed E-state index contributed by atoms with van der Waals surface area (Å²) in [4.78, 5) is 23.9. The molecule has 0 bridgehead atoms. The molecule has 1 unspecified atom stereocenters. The average molecular weight is 356 g/mol. The van der Waals surface area contributed by atoms with E-state index >= 15 is 0 Å². The van der Waals surface area contributed by atoms with Gasteiger partial charge in [0.2, 0.25) is 0 Å². The predicted octanol–water partition coefficient (Wildman–Crippen LogP) is 3.06. The standard InChI is InChI=1S/C20H20O6/c1-12(21)26-15-6-4-13(5-7-15)8-14-11-25-18-10-16(23-2)9-17(24-3)19(18)20(14)22/h4-7,9-10,14H,8,11H2,1-3H3. The van der Waals surface area contributed by atoms with Crippen LogP contribution in [0, 0.1) is 5.92 Å². The fraction of sp³-hybridized carbons (Fsp3) is 0.300. The van der Waals surface area contributed by atoms with Gasteiger partial charge in [-0.05, 0) is 24.1 Å². The number of esters is 1. The molecule has 6 nitrogen and oxygen atoms in total. The zero-order valence-electron chi connectivity index (χ0n) is 14.9. The Morgan fingerprint density at radius 1 is 1.12 bits per heavy atom. The first kappa shape index (κ1) is 17.8. The molecule has 1 aliphatic heterocycles. The first-order chi connectivity index (χ1) is 12.5. The van der Waals surface area contributed by atoms with E-state index in [9.17, 15) is 9.59 Å². The van der Waals surface area contributed by atoms with E-state index in [1.807, 2.05) is 12.1 Å². The van der Waals surface area contributed by atoms with Gasteiger partial charge in [0.1, 0.15) is 28.6 Å². The lowest BCUT2D eigenvalue weighted by Crippen LogP contribution is -2.30. The molecule has 136 valence electrons. The van der Waals surface area contributed by atoms with E-state index in [4.69, 9.17) is 18.9 Å². The third-order valence-electron chi connectivity index (χ3n) is 4.22. The van der Waals surface area contributed by atoms with Crippen molar-refractivity contribution in [3.05, 3.63) is 47.5 Å². The molecule has 2 aromatic carbocycles. The van der Waals surface area contributed by atoms with Gasteiger partial charge in [-0.25, -0.2) is 0 Å². The molecule has 0 fully saturated rings. The Bertz CT molecular complexity index is 808. The van der Waals surface area contributed by atoms with Crippen molar-refractivity contribution in [2.45, 2.75) is 13.3 Å². The second-order valence-electron chi connectivity index (χ2n) is 6.02. The van der Waals surface area contributed by atoms with Crippen LogP contribution in [0.3, 0.4) is 0 Å². The average Bonchev–Trinajstić information content (AvgIpc) is 2.64. The maximum Gasteiger partial charge on any atom is 0.308 e. The zero-order chi connectivity index (χ0) is 18.7. The Hall–Kier alpha value is -3.02. The number of fused-ring (bicyclic) bond motifs is 1. The third-order valence-corrected chi connectivity index (χ3v) is 4.22. The second-order valence-corrected chi connectivity index (χ2v) is 6.02. The van der Waals surface area contributed by atoms with Crippen LogP contribution >= 0.6 is 0 Å². The molecule has 0 spiro atoms. The highest BCUT2D eigenvalue weighted by molar-refractivity contribution is 6.04. The van der Waals surface area contributed by atoms with Gasteiger partial charge >= 0.3 is 5.97 Å². The second kappa shape index (κ2) is 7.47. The molecular weight excluding hydrogens is 336 g/mol. The highest BCUT2D eigenvalue weighted by atomic mass is 16.5. The molecule has 0 saturated heterocycles. The molecule has 0 aliphatic carbocycles. The van der Waals surface area contributed by atoms with Gasteiger partial charge in [0.25, 0.3) is 0 Å². The number of hydrogen-bond donors (Lipinski definition) is 0. The Morgan fingerprint density at radius 3 is 2.46 bits per heavy atom. The van der Waals surface area contributed by atoms with Gasteiger partial charge in [0.05, 0.1) is 26.7 Å². The van der Waals surface area contributed by atoms with E-state index in [1.54, 1.807) is 31.4 Å². The minimum absolute atomic E-state index is 0.0187. The van der Waals surface area contributed by atoms with E-state index in [1.165, 1.54) is 14.0 Å². The summed E-state index contributed by atoms with van der Waals surface area (Å²) in [6, 6.07) is 10.5. The van der Waals surface area contributed by atoms with Gasteiger partial charge < -0.3 is 18.9 Å². The quantitative estimate of drug-likeness (QED) is 0.606. The SMILES string of the molecule is COc1cc(OC)c2c(c1)OCC(Cc1ccc(OC(C)=O)cc1)C2=O. The number of rotatable bonds is 5. The van der Waals surface area contributed by atoms with E-state index in [-0.39, 0.29) is 24.3 Å². The molecular formula is C20H20O6. The molecule has 0 amide bonds. The fourth-order valence-electron chi connectivity index (χ4n) is 2.97. The predicted molar refractivity (Wildman–Crippen MR) is 94.3 cm³/mol. The number of carbonyl (C=O) groups is 2. The number of ether oxygens (including phenoxy) is 4. The molecule has 0 radical (unpaired) electrons. The molecule has 1 heterocycles. The largest absolute Gasteiger partial charge is 0.496 e. The van der Waals surface area contributed by atoms with Crippen molar-refractivity contribution >= 4 is 11.8 Å². The summed E-state index contributed by atoms with van der Waals surface area (Å²) >= 11 is 0. The summed E-state index contributed by atoms with van der Waals surface area (Å²) in [5, 5.41) is 0. The first-order valence-electron chi connectivity index (χ1n) is 8.22. The lowest BCUT2D eigenvalue weighted by molar-refractivity contribution is -0.131. The van der Waals surface area contributed by atoms with Crippen molar-refractivity contribution in [2.24, 2.45) is 5.92 Å². The maximum atomic E-state index is 12.9. The molecule has 2 aromatic rings. The van der Waals surface area contributed by atoms with Crippen molar-refractivity contribution in [1.82, 2.24) is 0 Å². The topological polar surface area (TPSA) is 71.1 Å². The molecule has 1 aliphatic rings. The lowest BCUT2D eigenvalue weighted by atomic mass is 9.89. The van der Waals surface area contributed by atoms with Crippen LogP contribution in [0.1, 0.15) is 22.8 Å². The van der Waals surface area contributed by atoms with Crippen molar-refractivity contribution in [3.8, 4) is 23.0 Å². The van der Waals surface area contributed by atoms with Crippen molar-refractivity contribution < 1.29 is 28.5 Å². The fourth-order valence-corrected chi connectivity index (χ4v) is 2.97. The monoisotopic (exact) mass is 356 g/mol. The van der Waals surface area contributed by atoms with E-state index < -0.39 is 0 Å². The summed E-state index contributed by atoms with van der Waals surface area (Å²) in [6.07, 6.45) is 0.522. The van der Waals surface area contributed by atoms with Crippen LogP contribution in [0.5, 0.6) is 23.0 Å². The lowest BCUT2D eigenvalue weighted by Gasteiger charge is -2.26.